The highest BCUT2D eigenvalue weighted by molar-refractivity contribution is 7.11. The molecule has 0 bridgehead atoms. The molecular formula is C14H22N4OS. The average molecular weight is 294 g/mol. The molecule has 3 rings (SSSR count). The maximum Gasteiger partial charge on any atom is 0.258 e. The van der Waals surface area contributed by atoms with Gasteiger partial charge in [0.15, 0.2) is 5.82 Å². The van der Waals surface area contributed by atoms with Gasteiger partial charge in [-0.1, -0.05) is 19.3 Å². The van der Waals surface area contributed by atoms with E-state index in [1.807, 2.05) is 0 Å². The summed E-state index contributed by atoms with van der Waals surface area (Å²) in [7, 11) is 0. The summed E-state index contributed by atoms with van der Waals surface area (Å²) in [5.41, 5.74) is 6.39. The highest BCUT2D eigenvalue weighted by Crippen LogP contribution is 2.30. The van der Waals surface area contributed by atoms with Gasteiger partial charge in [-0.15, -0.1) is 0 Å². The molecule has 2 saturated carbocycles. The van der Waals surface area contributed by atoms with Crippen LogP contribution in [-0.4, -0.2) is 22.9 Å². The van der Waals surface area contributed by atoms with E-state index in [0.717, 1.165) is 24.4 Å². The number of nitrogens with one attached hydrogen (secondary N) is 2. The lowest BCUT2D eigenvalue weighted by Crippen LogP contribution is -2.27. The molecule has 2 aliphatic carbocycles. The summed E-state index contributed by atoms with van der Waals surface area (Å²) in [5, 5.41) is 7.20. The van der Waals surface area contributed by atoms with Crippen LogP contribution in [0.4, 0.5) is 10.8 Å². The molecule has 2 fully saturated rings. The maximum atomic E-state index is 12.2. The van der Waals surface area contributed by atoms with Crippen LogP contribution in [0, 0.1) is 5.92 Å². The molecule has 1 amide bonds. The Labute approximate surface area is 123 Å². The van der Waals surface area contributed by atoms with Gasteiger partial charge >= 0.3 is 0 Å². The third-order valence-electron chi connectivity index (χ3n) is 4.13. The van der Waals surface area contributed by atoms with Gasteiger partial charge in [0.1, 0.15) is 10.6 Å². The summed E-state index contributed by atoms with van der Waals surface area (Å²) in [4.78, 5) is 12.2. The minimum absolute atomic E-state index is 0.0788. The van der Waals surface area contributed by atoms with Crippen molar-refractivity contribution < 1.29 is 4.79 Å². The minimum atomic E-state index is -0.0788. The van der Waals surface area contributed by atoms with Crippen LogP contribution in [0.25, 0.3) is 0 Å². The van der Waals surface area contributed by atoms with Crippen LogP contribution < -0.4 is 16.4 Å². The summed E-state index contributed by atoms with van der Waals surface area (Å²) >= 11 is 1.29. The van der Waals surface area contributed by atoms with Crippen LogP contribution in [-0.2, 0) is 0 Å². The van der Waals surface area contributed by atoms with Crippen molar-refractivity contribution >= 4 is 28.3 Å². The van der Waals surface area contributed by atoms with Crippen LogP contribution in [0.15, 0.2) is 0 Å². The standard InChI is InChI=1S/C14H22N4OS/c15-12-11(13(19)17-10-6-7-10)14(20-18-12)16-8-9-4-2-1-3-5-9/h9-10,16H,1-8H2,(H2,15,18)(H,17,19). The quantitative estimate of drug-likeness (QED) is 0.780. The van der Waals surface area contributed by atoms with Gasteiger partial charge in [-0.2, -0.15) is 4.37 Å². The first kappa shape index (κ1) is 13.7. The van der Waals surface area contributed by atoms with E-state index in [0.29, 0.717) is 23.3 Å². The first-order valence-electron chi connectivity index (χ1n) is 7.54. The van der Waals surface area contributed by atoms with E-state index < -0.39 is 0 Å². The number of carbonyl (C=O) groups excluding carboxylic acids is 1. The Bertz CT molecular complexity index is 478. The van der Waals surface area contributed by atoms with Gasteiger partial charge in [0.2, 0.25) is 0 Å². The number of carbonyl (C=O) groups is 1. The van der Waals surface area contributed by atoms with Crippen molar-refractivity contribution in [2.45, 2.75) is 51.0 Å². The average Bonchev–Trinajstić information content (AvgIpc) is 3.19. The fourth-order valence-electron chi connectivity index (χ4n) is 2.76. The number of nitrogens with two attached hydrogens (primary N) is 1. The van der Waals surface area contributed by atoms with E-state index in [9.17, 15) is 4.79 Å². The molecule has 0 unspecified atom stereocenters. The van der Waals surface area contributed by atoms with Crippen LogP contribution in [0.3, 0.4) is 0 Å². The Morgan fingerprint density at radius 2 is 2.00 bits per heavy atom. The molecule has 20 heavy (non-hydrogen) atoms. The number of hydrogen-bond donors (Lipinski definition) is 3. The molecule has 0 saturated heterocycles. The zero-order valence-electron chi connectivity index (χ0n) is 11.7. The van der Waals surface area contributed by atoms with Crippen molar-refractivity contribution in [1.29, 1.82) is 0 Å². The Kier molecular flexibility index (Phi) is 4.10. The van der Waals surface area contributed by atoms with Crippen molar-refractivity contribution in [3.63, 3.8) is 0 Å². The molecular weight excluding hydrogens is 272 g/mol. The number of nitrogen functional groups attached to an aromatic ring is 1. The predicted octanol–water partition coefficient (Wildman–Crippen LogP) is 2.61. The first-order valence-corrected chi connectivity index (χ1v) is 8.31. The highest BCUT2D eigenvalue weighted by atomic mass is 32.1. The van der Waals surface area contributed by atoms with E-state index >= 15 is 0 Å². The SMILES string of the molecule is Nc1nsc(NCC2CCCCC2)c1C(=O)NC1CC1. The number of nitrogens with zero attached hydrogens (tertiary/aromatic N) is 1. The molecule has 0 aromatic carbocycles. The van der Waals surface area contributed by atoms with Crippen LogP contribution >= 0.6 is 11.5 Å². The minimum Gasteiger partial charge on any atom is -0.382 e. The Morgan fingerprint density at radius 3 is 2.70 bits per heavy atom. The second kappa shape index (κ2) is 5.99. The van der Waals surface area contributed by atoms with E-state index in [-0.39, 0.29) is 5.91 Å². The van der Waals surface area contributed by atoms with Gasteiger partial charge in [0, 0.05) is 12.6 Å². The molecule has 1 heterocycles. The third-order valence-corrected chi connectivity index (χ3v) is 4.95. The normalized spacial score (nSPS) is 19.8. The molecule has 0 radical (unpaired) electrons. The fraction of sp³-hybridized carbons (Fsp3) is 0.714. The largest absolute Gasteiger partial charge is 0.382 e. The molecule has 0 spiro atoms. The van der Waals surface area contributed by atoms with Crippen molar-refractivity contribution in [1.82, 2.24) is 9.69 Å². The van der Waals surface area contributed by atoms with Crippen molar-refractivity contribution in [3.05, 3.63) is 5.56 Å². The first-order chi connectivity index (χ1) is 9.74. The Morgan fingerprint density at radius 1 is 1.25 bits per heavy atom. The molecule has 1 aromatic heterocycles. The topological polar surface area (TPSA) is 80.0 Å². The lowest BCUT2D eigenvalue weighted by Gasteiger charge is -2.22. The lowest BCUT2D eigenvalue weighted by atomic mass is 9.89. The van der Waals surface area contributed by atoms with Crippen molar-refractivity contribution in [2.24, 2.45) is 5.92 Å². The Balaban J connectivity index is 1.61. The molecule has 0 aliphatic heterocycles. The number of hydrogen-bond acceptors (Lipinski definition) is 5. The van der Waals surface area contributed by atoms with Gasteiger partial charge in [-0.25, -0.2) is 0 Å². The lowest BCUT2D eigenvalue weighted by molar-refractivity contribution is 0.0953. The molecule has 5 nitrogen and oxygen atoms in total. The molecule has 4 N–H and O–H groups in total. The van der Waals surface area contributed by atoms with E-state index in [2.05, 4.69) is 15.0 Å². The monoisotopic (exact) mass is 294 g/mol. The van der Waals surface area contributed by atoms with Crippen LogP contribution in [0.1, 0.15) is 55.3 Å². The number of aromatic nitrogens is 1. The smallest absolute Gasteiger partial charge is 0.258 e. The number of rotatable bonds is 5. The van der Waals surface area contributed by atoms with Crippen molar-refractivity contribution in [2.75, 3.05) is 17.6 Å². The van der Waals surface area contributed by atoms with Gasteiger partial charge in [0.05, 0.1) is 0 Å². The summed E-state index contributed by atoms with van der Waals surface area (Å²) in [6.45, 7) is 0.922. The van der Waals surface area contributed by atoms with Gasteiger partial charge in [0.25, 0.3) is 5.91 Å². The second-order valence-electron chi connectivity index (χ2n) is 5.90. The molecule has 110 valence electrons. The van der Waals surface area contributed by atoms with E-state index in [4.69, 9.17) is 5.73 Å². The predicted molar refractivity (Wildman–Crippen MR) is 82.1 cm³/mol. The van der Waals surface area contributed by atoms with E-state index in [1.54, 1.807) is 0 Å². The summed E-state index contributed by atoms with van der Waals surface area (Å²) in [5.74, 6) is 0.982. The molecule has 0 atom stereocenters. The van der Waals surface area contributed by atoms with Crippen LogP contribution in [0.5, 0.6) is 0 Å². The molecule has 6 heteroatoms. The number of anilines is 2. The van der Waals surface area contributed by atoms with E-state index in [1.165, 1.54) is 43.6 Å². The molecule has 2 aliphatic rings. The highest BCUT2D eigenvalue weighted by Gasteiger charge is 2.27. The third kappa shape index (κ3) is 3.23. The van der Waals surface area contributed by atoms with Gasteiger partial charge in [-0.3, -0.25) is 4.79 Å². The second-order valence-corrected chi connectivity index (χ2v) is 6.68. The Hall–Kier alpha value is -1.30. The summed E-state index contributed by atoms with van der Waals surface area (Å²) < 4.78 is 4.13. The zero-order chi connectivity index (χ0) is 13.9. The number of amides is 1. The fourth-order valence-corrected chi connectivity index (χ4v) is 3.47. The van der Waals surface area contributed by atoms with Gasteiger partial charge in [-0.05, 0) is 43.1 Å². The maximum absolute atomic E-state index is 12.2. The zero-order valence-corrected chi connectivity index (χ0v) is 12.5. The van der Waals surface area contributed by atoms with Crippen molar-refractivity contribution in [3.8, 4) is 0 Å². The molecule has 1 aromatic rings. The summed E-state index contributed by atoms with van der Waals surface area (Å²) in [6, 6.07) is 0.341. The summed E-state index contributed by atoms with van der Waals surface area (Å²) in [6.07, 6.45) is 8.73. The van der Waals surface area contributed by atoms with Gasteiger partial charge < -0.3 is 16.4 Å². The van der Waals surface area contributed by atoms with Crippen LogP contribution in [0.2, 0.25) is 0 Å².